The number of ether oxygens (including phenoxy) is 3. The van der Waals surface area contributed by atoms with E-state index in [1.807, 2.05) is 18.2 Å². The van der Waals surface area contributed by atoms with Crippen molar-refractivity contribution in [1.29, 1.82) is 0 Å². The van der Waals surface area contributed by atoms with Crippen molar-refractivity contribution >= 4 is 0 Å². The molecule has 3 N–H and O–H groups in total. The Morgan fingerprint density at radius 2 is 1.88 bits per heavy atom. The van der Waals surface area contributed by atoms with Gasteiger partial charge in [0.1, 0.15) is 5.75 Å². The maximum atomic E-state index is 10.5. The van der Waals surface area contributed by atoms with E-state index in [4.69, 9.17) is 14.2 Å². The van der Waals surface area contributed by atoms with Crippen LogP contribution in [0.4, 0.5) is 0 Å². The van der Waals surface area contributed by atoms with Gasteiger partial charge in [0.2, 0.25) is 5.75 Å². The number of hydrogen-bond acceptors (Lipinski definition) is 6. The van der Waals surface area contributed by atoms with E-state index in [0.717, 1.165) is 18.7 Å². The van der Waals surface area contributed by atoms with Crippen LogP contribution >= 0.6 is 0 Å². The maximum absolute atomic E-state index is 10.5. The summed E-state index contributed by atoms with van der Waals surface area (Å²) in [4.78, 5) is 0. The molecule has 6 heteroatoms. The molecule has 3 rings (SSSR count). The number of aliphatic hydroxyl groups excluding tert-OH is 1. The van der Waals surface area contributed by atoms with Crippen molar-refractivity contribution in [3.63, 3.8) is 0 Å². The minimum absolute atomic E-state index is 0.0723. The van der Waals surface area contributed by atoms with Crippen molar-refractivity contribution in [2.45, 2.75) is 12.5 Å². The summed E-state index contributed by atoms with van der Waals surface area (Å²) in [5, 5.41) is 23.7. The normalized spacial score (nSPS) is 17.1. The predicted molar refractivity (Wildman–Crippen MR) is 98.2 cm³/mol. The van der Waals surface area contributed by atoms with Gasteiger partial charge in [-0.25, -0.2) is 0 Å². The van der Waals surface area contributed by atoms with Crippen LogP contribution in [0, 0.1) is 5.92 Å². The van der Waals surface area contributed by atoms with Crippen molar-refractivity contribution in [2.24, 2.45) is 5.92 Å². The lowest BCUT2D eigenvalue weighted by atomic mass is 9.96. The van der Waals surface area contributed by atoms with Gasteiger partial charge in [0, 0.05) is 19.0 Å². The number of phenolic OH excluding ortho intramolecular Hbond substituents is 1. The van der Waals surface area contributed by atoms with E-state index in [0.29, 0.717) is 24.6 Å². The topological polar surface area (TPSA) is 80.2 Å². The second-order valence-electron chi connectivity index (χ2n) is 6.44. The summed E-state index contributed by atoms with van der Waals surface area (Å²) in [5.74, 6) is 1.80. The Morgan fingerprint density at radius 1 is 1.19 bits per heavy atom. The molecule has 0 amide bonds. The van der Waals surface area contributed by atoms with Crippen LogP contribution in [0.25, 0.3) is 0 Å². The van der Waals surface area contributed by atoms with Gasteiger partial charge in [-0.2, -0.15) is 0 Å². The van der Waals surface area contributed by atoms with Crippen molar-refractivity contribution in [2.75, 3.05) is 33.9 Å². The molecule has 1 aliphatic heterocycles. The number of aliphatic hydroxyl groups is 1. The van der Waals surface area contributed by atoms with Crippen molar-refractivity contribution in [3.05, 3.63) is 47.5 Å². The molecular weight excluding hydrogens is 334 g/mol. The zero-order valence-corrected chi connectivity index (χ0v) is 15.1. The van der Waals surface area contributed by atoms with Gasteiger partial charge in [-0.05, 0) is 35.7 Å². The van der Waals surface area contributed by atoms with E-state index in [1.54, 1.807) is 12.1 Å². The molecule has 0 saturated carbocycles. The molecular formula is C20H25NO5. The van der Waals surface area contributed by atoms with Gasteiger partial charge in [0.05, 0.1) is 26.9 Å². The number of para-hydroxylation sites is 1. The Labute approximate surface area is 153 Å². The fraction of sp³-hybridized carbons (Fsp3) is 0.400. The molecule has 2 aromatic carbocycles. The maximum Gasteiger partial charge on any atom is 0.200 e. The highest BCUT2D eigenvalue weighted by Crippen LogP contribution is 2.38. The number of phenols is 1. The number of nitrogens with one attached hydrogen (secondary N) is 1. The van der Waals surface area contributed by atoms with Gasteiger partial charge in [-0.3, -0.25) is 0 Å². The molecule has 6 nitrogen and oxygen atoms in total. The van der Waals surface area contributed by atoms with Crippen LogP contribution in [0.2, 0.25) is 0 Å². The van der Waals surface area contributed by atoms with E-state index in [2.05, 4.69) is 11.4 Å². The third kappa shape index (κ3) is 4.03. The third-order valence-electron chi connectivity index (χ3n) is 4.61. The molecule has 0 fully saturated rings. The van der Waals surface area contributed by atoms with E-state index >= 15 is 0 Å². The van der Waals surface area contributed by atoms with Gasteiger partial charge in [0.15, 0.2) is 11.5 Å². The lowest BCUT2D eigenvalue weighted by molar-refractivity contribution is 0.164. The number of aromatic hydroxyl groups is 1. The van der Waals surface area contributed by atoms with Gasteiger partial charge in [-0.15, -0.1) is 0 Å². The van der Waals surface area contributed by atoms with Gasteiger partial charge in [-0.1, -0.05) is 18.2 Å². The molecule has 1 heterocycles. The summed E-state index contributed by atoms with van der Waals surface area (Å²) in [6.07, 6.45) is 0.218. The Morgan fingerprint density at radius 3 is 2.58 bits per heavy atom. The van der Waals surface area contributed by atoms with Crippen LogP contribution in [-0.2, 0) is 6.42 Å². The first-order chi connectivity index (χ1) is 12.6. The van der Waals surface area contributed by atoms with Crippen molar-refractivity contribution in [1.82, 2.24) is 5.32 Å². The molecule has 2 aromatic rings. The molecule has 0 radical (unpaired) electrons. The van der Waals surface area contributed by atoms with Crippen LogP contribution in [-0.4, -0.2) is 44.1 Å². The second kappa shape index (κ2) is 8.29. The molecule has 26 heavy (non-hydrogen) atoms. The number of methoxy groups -OCH3 is 2. The Kier molecular flexibility index (Phi) is 5.85. The molecule has 0 spiro atoms. The number of rotatable bonds is 7. The number of benzene rings is 2. The first-order valence-electron chi connectivity index (χ1n) is 8.66. The van der Waals surface area contributed by atoms with E-state index < -0.39 is 6.10 Å². The third-order valence-corrected chi connectivity index (χ3v) is 4.61. The summed E-state index contributed by atoms with van der Waals surface area (Å²) in [7, 11) is 2.92. The number of hydrogen-bond donors (Lipinski definition) is 3. The van der Waals surface area contributed by atoms with Crippen LogP contribution < -0.4 is 19.5 Å². The van der Waals surface area contributed by atoms with Crippen LogP contribution in [0.15, 0.2) is 36.4 Å². The fourth-order valence-corrected chi connectivity index (χ4v) is 3.17. The molecule has 0 bridgehead atoms. The van der Waals surface area contributed by atoms with E-state index in [9.17, 15) is 10.2 Å². The Bertz CT molecular complexity index is 724. The zero-order valence-electron chi connectivity index (χ0n) is 15.1. The highest BCUT2D eigenvalue weighted by Gasteiger charge is 2.20. The highest BCUT2D eigenvalue weighted by atomic mass is 16.5. The standard InChI is InChI=1S/C20H25NO5/c1-24-18-8-15(9-19(25-2)20(18)23)16(22)11-21-10-13-7-14-5-3-4-6-17(14)26-12-13/h3-6,8-9,13,16,21-23H,7,10-12H2,1-2H3. The Balaban J connectivity index is 1.56. The van der Waals surface area contributed by atoms with Crippen LogP contribution in [0.3, 0.4) is 0 Å². The summed E-state index contributed by atoms with van der Waals surface area (Å²) in [6.45, 7) is 1.80. The smallest absolute Gasteiger partial charge is 0.200 e. The average molecular weight is 359 g/mol. The van der Waals surface area contributed by atoms with Gasteiger partial charge < -0.3 is 29.7 Å². The van der Waals surface area contributed by atoms with Crippen LogP contribution in [0.1, 0.15) is 17.2 Å². The lowest BCUT2D eigenvalue weighted by Crippen LogP contribution is -2.33. The average Bonchev–Trinajstić information content (AvgIpc) is 2.68. The van der Waals surface area contributed by atoms with E-state index in [-0.39, 0.29) is 17.2 Å². The predicted octanol–water partition coefficient (Wildman–Crippen LogP) is 2.28. The quantitative estimate of drug-likeness (QED) is 0.704. The monoisotopic (exact) mass is 359 g/mol. The summed E-state index contributed by atoms with van der Waals surface area (Å²) >= 11 is 0. The first kappa shape index (κ1) is 18.4. The second-order valence-corrected chi connectivity index (χ2v) is 6.44. The van der Waals surface area contributed by atoms with Crippen molar-refractivity contribution < 1.29 is 24.4 Å². The first-order valence-corrected chi connectivity index (χ1v) is 8.66. The van der Waals surface area contributed by atoms with Gasteiger partial charge in [0.25, 0.3) is 0 Å². The summed E-state index contributed by atoms with van der Waals surface area (Å²) in [5.41, 5.74) is 1.84. The molecule has 0 saturated heterocycles. The minimum Gasteiger partial charge on any atom is -0.502 e. The molecule has 2 unspecified atom stereocenters. The molecule has 140 valence electrons. The highest BCUT2D eigenvalue weighted by molar-refractivity contribution is 5.53. The van der Waals surface area contributed by atoms with Crippen molar-refractivity contribution in [3.8, 4) is 23.0 Å². The SMILES string of the molecule is COc1cc(C(O)CNCC2COc3ccccc3C2)cc(OC)c1O. The van der Waals surface area contributed by atoms with E-state index in [1.165, 1.54) is 19.8 Å². The summed E-state index contributed by atoms with van der Waals surface area (Å²) in [6, 6.07) is 11.3. The van der Waals surface area contributed by atoms with Gasteiger partial charge >= 0.3 is 0 Å². The zero-order chi connectivity index (χ0) is 18.5. The molecule has 2 atom stereocenters. The molecule has 0 aliphatic carbocycles. The summed E-state index contributed by atoms with van der Waals surface area (Å²) < 4.78 is 16.1. The minimum atomic E-state index is -0.741. The fourth-order valence-electron chi connectivity index (χ4n) is 3.17. The largest absolute Gasteiger partial charge is 0.502 e. The molecule has 1 aliphatic rings. The molecule has 0 aromatic heterocycles. The van der Waals surface area contributed by atoms with Crippen LogP contribution in [0.5, 0.6) is 23.0 Å². The Hall–Kier alpha value is -2.44. The number of fused-ring (bicyclic) bond motifs is 1. The lowest BCUT2D eigenvalue weighted by Gasteiger charge is -2.26.